The zero-order chi connectivity index (χ0) is 16.5. The summed E-state index contributed by atoms with van der Waals surface area (Å²) in [5.74, 6) is 0.727. The third-order valence-corrected chi connectivity index (χ3v) is 5.32. The molecule has 0 saturated heterocycles. The van der Waals surface area contributed by atoms with Crippen LogP contribution in [-0.2, 0) is 16.1 Å². The SMILES string of the molecule is O=C(NC[C@H]1Cc2ccccc2O1)[C@@H]1CC(c2ccc(Cl)s2)=NO1. The van der Waals surface area contributed by atoms with Gasteiger partial charge in [-0.15, -0.1) is 11.3 Å². The van der Waals surface area contributed by atoms with E-state index >= 15 is 0 Å². The molecular weight excluding hydrogens is 348 g/mol. The summed E-state index contributed by atoms with van der Waals surface area (Å²) in [6.07, 6.45) is 0.625. The number of nitrogens with zero attached hydrogens (tertiary/aromatic N) is 1. The van der Waals surface area contributed by atoms with Crippen molar-refractivity contribution < 1.29 is 14.4 Å². The molecule has 5 nitrogen and oxygen atoms in total. The summed E-state index contributed by atoms with van der Waals surface area (Å²) >= 11 is 7.36. The van der Waals surface area contributed by atoms with E-state index in [0.717, 1.165) is 22.8 Å². The first kappa shape index (κ1) is 15.5. The normalized spacial score (nSPS) is 21.6. The second-order valence-corrected chi connectivity index (χ2v) is 7.45. The van der Waals surface area contributed by atoms with E-state index in [1.807, 2.05) is 36.4 Å². The van der Waals surface area contributed by atoms with Crippen LogP contribution in [0.2, 0.25) is 4.34 Å². The van der Waals surface area contributed by atoms with Gasteiger partial charge < -0.3 is 14.9 Å². The second kappa shape index (κ2) is 6.45. The van der Waals surface area contributed by atoms with Crippen LogP contribution >= 0.6 is 22.9 Å². The van der Waals surface area contributed by atoms with Gasteiger partial charge in [0, 0.05) is 12.8 Å². The monoisotopic (exact) mass is 362 g/mol. The highest BCUT2D eigenvalue weighted by Gasteiger charge is 2.30. The summed E-state index contributed by atoms with van der Waals surface area (Å²) in [7, 11) is 0. The molecule has 1 aromatic carbocycles. The maximum Gasteiger partial charge on any atom is 0.264 e. The molecule has 2 aliphatic heterocycles. The summed E-state index contributed by atoms with van der Waals surface area (Å²) in [6, 6.07) is 11.6. The number of hydrogen-bond donors (Lipinski definition) is 1. The molecular formula is C17H15ClN2O3S. The molecule has 24 heavy (non-hydrogen) atoms. The number of rotatable bonds is 4. The molecule has 2 aromatic rings. The Hall–Kier alpha value is -2.05. The highest BCUT2D eigenvalue weighted by molar-refractivity contribution is 7.18. The number of thiophene rings is 1. The molecule has 0 spiro atoms. The Bertz CT molecular complexity index is 780. The van der Waals surface area contributed by atoms with Crippen LogP contribution in [0.5, 0.6) is 5.75 Å². The van der Waals surface area contributed by atoms with Crippen molar-refractivity contribution in [2.45, 2.75) is 25.0 Å². The Morgan fingerprint density at radius 1 is 1.29 bits per heavy atom. The van der Waals surface area contributed by atoms with Gasteiger partial charge in [-0.05, 0) is 23.8 Å². The summed E-state index contributed by atoms with van der Waals surface area (Å²) in [4.78, 5) is 18.5. The molecule has 1 N–H and O–H groups in total. The van der Waals surface area contributed by atoms with Gasteiger partial charge in [-0.3, -0.25) is 4.79 Å². The van der Waals surface area contributed by atoms with Gasteiger partial charge in [-0.25, -0.2) is 0 Å². The number of benzene rings is 1. The molecule has 4 rings (SSSR count). The molecule has 124 valence electrons. The molecule has 0 unspecified atom stereocenters. The molecule has 0 radical (unpaired) electrons. The number of amides is 1. The van der Waals surface area contributed by atoms with Crippen molar-refractivity contribution >= 4 is 34.6 Å². The first-order valence-corrected chi connectivity index (χ1v) is 8.89. The molecule has 7 heteroatoms. The Balaban J connectivity index is 1.28. The maximum atomic E-state index is 12.3. The van der Waals surface area contributed by atoms with E-state index in [9.17, 15) is 4.79 Å². The molecule has 0 aliphatic carbocycles. The molecule has 2 atom stereocenters. The quantitative estimate of drug-likeness (QED) is 0.909. The van der Waals surface area contributed by atoms with Gasteiger partial charge >= 0.3 is 0 Å². The number of hydrogen-bond acceptors (Lipinski definition) is 5. The molecule has 0 saturated carbocycles. The van der Waals surface area contributed by atoms with E-state index in [-0.39, 0.29) is 12.0 Å². The molecule has 3 heterocycles. The number of ether oxygens (including phenoxy) is 1. The van der Waals surface area contributed by atoms with Gasteiger partial charge in [0.05, 0.1) is 15.8 Å². The van der Waals surface area contributed by atoms with Crippen LogP contribution in [-0.4, -0.2) is 30.4 Å². The summed E-state index contributed by atoms with van der Waals surface area (Å²) in [6.45, 7) is 0.452. The minimum absolute atomic E-state index is 0.0377. The van der Waals surface area contributed by atoms with Gasteiger partial charge in [0.25, 0.3) is 5.91 Å². The lowest BCUT2D eigenvalue weighted by Gasteiger charge is -2.13. The fraction of sp³-hybridized carbons (Fsp3) is 0.294. The predicted molar refractivity (Wildman–Crippen MR) is 92.9 cm³/mol. The van der Waals surface area contributed by atoms with Crippen LogP contribution in [0.4, 0.5) is 0 Å². The predicted octanol–water partition coefficient (Wildman–Crippen LogP) is 3.01. The number of fused-ring (bicyclic) bond motifs is 1. The highest BCUT2D eigenvalue weighted by Crippen LogP contribution is 2.28. The Kier molecular flexibility index (Phi) is 4.16. The number of nitrogens with one attached hydrogen (secondary N) is 1. The molecule has 0 bridgehead atoms. The largest absolute Gasteiger partial charge is 0.488 e. The van der Waals surface area contributed by atoms with Gasteiger partial charge in [0.2, 0.25) is 6.10 Å². The number of oxime groups is 1. The minimum Gasteiger partial charge on any atom is -0.488 e. The topological polar surface area (TPSA) is 59.9 Å². The van der Waals surface area contributed by atoms with Crippen LogP contribution in [0.15, 0.2) is 41.6 Å². The van der Waals surface area contributed by atoms with E-state index in [1.165, 1.54) is 16.9 Å². The zero-order valence-electron chi connectivity index (χ0n) is 12.7. The van der Waals surface area contributed by atoms with E-state index in [4.69, 9.17) is 21.2 Å². The Morgan fingerprint density at radius 2 is 2.17 bits per heavy atom. The lowest BCUT2D eigenvalue weighted by molar-refractivity contribution is -0.131. The Labute approximate surface area is 148 Å². The van der Waals surface area contributed by atoms with Crippen LogP contribution in [0, 0.1) is 0 Å². The molecule has 0 fully saturated rings. The number of halogens is 1. The van der Waals surface area contributed by atoms with Gasteiger partial charge in [0.15, 0.2) is 0 Å². The molecule has 2 aliphatic rings. The van der Waals surface area contributed by atoms with Crippen molar-refractivity contribution in [3.63, 3.8) is 0 Å². The van der Waals surface area contributed by atoms with Crippen LogP contribution in [0.1, 0.15) is 16.9 Å². The number of carbonyl (C=O) groups is 1. The third-order valence-electron chi connectivity index (χ3n) is 4.04. The van der Waals surface area contributed by atoms with Crippen molar-refractivity contribution in [2.75, 3.05) is 6.54 Å². The molecule has 1 aromatic heterocycles. The highest BCUT2D eigenvalue weighted by atomic mass is 35.5. The average molecular weight is 363 g/mol. The van der Waals surface area contributed by atoms with Gasteiger partial charge in [0.1, 0.15) is 17.6 Å². The van der Waals surface area contributed by atoms with Crippen molar-refractivity contribution in [1.29, 1.82) is 0 Å². The van der Waals surface area contributed by atoms with E-state index in [2.05, 4.69) is 10.5 Å². The minimum atomic E-state index is -0.593. The summed E-state index contributed by atoms with van der Waals surface area (Å²) in [5, 5.41) is 6.90. The van der Waals surface area contributed by atoms with Gasteiger partial charge in [-0.1, -0.05) is 35.0 Å². The first-order valence-electron chi connectivity index (χ1n) is 7.70. The summed E-state index contributed by atoms with van der Waals surface area (Å²) < 4.78 is 6.51. The first-order chi connectivity index (χ1) is 11.7. The van der Waals surface area contributed by atoms with Crippen LogP contribution in [0.3, 0.4) is 0 Å². The van der Waals surface area contributed by atoms with Crippen LogP contribution < -0.4 is 10.1 Å². The van der Waals surface area contributed by atoms with Crippen molar-refractivity contribution in [3.05, 3.63) is 51.2 Å². The summed E-state index contributed by atoms with van der Waals surface area (Å²) in [5.41, 5.74) is 1.94. The number of carbonyl (C=O) groups excluding carboxylic acids is 1. The van der Waals surface area contributed by atoms with Crippen LogP contribution in [0.25, 0.3) is 0 Å². The second-order valence-electron chi connectivity index (χ2n) is 5.74. The zero-order valence-corrected chi connectivity index (χ0v) is 14.3. The van der Waals surface area contributed by atoms with Crippen molar-refractivity contribution in [3.8, 4) is 5.75 Å². The average Bonchev–Trinajstić information content (AvgIpc) is 3.30. The van der Waals surface area contributed by atoms with E-state index in [1.54, 1.807) is 0 Å². The lowest BCUT2D eigenvalue weighted by Crippen LogP contribution is -2.40. The maximum absolute atomic E-state index is 12.3. The smallest absolute Gasteiger partial charge is 0.264 e. The van der Waals surface area contributed by atoms with E-state index in [0.29, 0.717) is 17.3 Å². The van der Waals surface area contributed by atoms with Crippen molar-refractivity contribution in [1.82, 2.24) is 5.32 Å². The van der Waals surface area contributed by atoms with Crippen molar-refractivity contribution in [2.24, 2.45) is 5.16 Å². The standard InChI is InChI=1S/C17H15ClN2O3S/c18-16-6-5-15(24-16)12-8-14(23-20-12)17(21)19-9-11-7-10-3-1-2-4-13(10)22-11/h1-6,11,14H,7-9H2,(H,19,21)/t11-,14+/m1/s1. The fourth-order valence-corrected chi connectivity index (χ4v) is 3.86. The lowest BCUT2D eigenvalue weighted by atomic mass is 10.1. The third kappa shape index (κ3) is 3.12. The molecule has 1 amide bonds. The number of para-hydroxylation sites is 1. The Morgan fingerprint density at radius 3 is 2.96 bits per heavy atom. The van der Waals surface area contributed by atoms with Gasteiger partial charge in [-0.2, -0.15) is 0 Å². The van der Waals surface area contributed by atoms with E-state index < -0.39 is 6.10 Å². The fourth-order valence-electron chi connectivity index (χ4n) is 2.83.